The molecule has 2 unspecified atom stereocenters. The lowest BCUT2D eigenvalue weighted by atomic mass is 9.76. The lowest BCUT2D eigenvalue weighted by Crippen LogP contribution is -2.36. The molecule has 9 heteroatoms. The van der Waals surface area contributed by atoms with Crippen LogP contribution in [0.25, 0.3) is 0 Å². The number of allylic oxidation sites excluding steroid dienone is 1. The highest BCUT2D eigenvalue weighted by Crippen LogP contribution is 2.43. The molecule has 0 fully saturated rings. The molecule has 128 valence electrons. The van der Waals surface area contributed by atoms with E-state index < -0.39 is 46.8 Å². The number of carboxylic acid groups (broad SMARTS) is 2. The largest absolute Gasteiger partial charge is 0.481 e. The summed E-state index contributed by atoms with van der Waals surface area (Å²) in [6.07, 6.45) is -3.73. The van der Waals surface area contributed by atoms with Crippen LogP contribution in [-0.4, -0.2) is 32.8 Å². The van der Waals surface area contributed by atoms with Gasteiger partial charge in [0.05, 0.1) is 22.7 Å². The average molecular weight is 342 g/mol. The van der Waals surface area contributed by atoms with Crippen LogP contribution in [0.5, 0.6) is 0 Å². The second-order valence-corrected chi connectivity index (χ2v) is 5.28. The van der Waals surface area contributed by atoms with Crippen LogP contribution in [0.4, 0.5) is 13.2 Å². The van der Waals surface area contributed by atoms with Gasteiger partial charge in [-0.2, -0.15) is 13.2 Å². The minimum absolute atomic E-state index is 0.0220. The van der Waals surface area contributed by atoms with Gasteiger partial charge in [0.1, 0.15) is 5.92 Å². The zero-order valence-electron chi connectivity index (χ0n) is 12.6. The van der Waals surface area contributed by atoms with Crippen LogP contribution >= 0.6 is 0 Å². The molecule has 1 aliphatic heterocycles. The van der Waals surface area contributed by atoms with E-state index in [1.165, 1.54) is 13.8 Å². The molecule has 0 aromatic carbocycles. The van der Waals surface area contributed by atoms with Gasteiger partial charge in [-0.05, 0) is 26.0 Å². The molecule has 0 saturated carbocycles. The minimum Gasteiger partial charge on any atom is -0.481 e. The highest BCUT2D eigenvalue weighted by atomic mass is 19.4. The number of hydrogen-bond donors (Lipinski definition) is 2. The van der Waals surface area contributed by atoms with Gasteiger partial charge in [-0.15, -0.1) is 0 Å². The Hall–Kier alpha value is -2.71. The fraction of sp³-hybridized carbons (Fsp3) is 0.333. The van der Waals surface area contributed by atoms with Crippen molar-refractivity contribution in [2.75, 3.05) is 0 Å². The molecule has 2 atom stereocenters. The molecule has 6 nitrogen and oxygen atoms in total. The van der Waals surface area contributed by atoms with Crippen molar-refractivity contribution in [3.63, 3.8) is 0 Å². The molecule has 0 radical (unpaired) electrons. The van der Waals surface area contributed by atoms with Gasteiger partial charge in [0.15, 0.2) is 0 Å². The van der Waals surface area contributed by atoms with Crippen LogP contribution in [-0.2, 0) is 15.8 Å². The molecule has 0 bridgehead atoms. The van der Waals surface area contributed by atoms with Gasteiger partial charge in [-0.3, -0.25) is 14.8 Å². The molecule has 2 N–H and O–H groups in total. The van der Waals surface area contributed by atoms with E-state index in [1.807, 2.05) is 0 Å². The van der Waals surface area contributed by atoms with Crippen molar-refractivity contribution >= 4 is 17.7 Å². The summed E-state index contributed by atoms with van der Waals surface area (Å²) in [6.45, 7) is 2.65. The van der Waals surface area contributed by atoms with Crippen molar-refractivity contribution in [3.05, 3.63) is 40.9 Å². The molecular weight excluding hydrogens is 329 g/mol. The standard InChI is InChI=1S/C15H13F3N2O4/c1-6-9(13(21)22)11(10(14(23)24)7(2)20-6)12-8(15(16,17)18)4-3-5-19-12/h3-5,9,11H,1-2H3,(H,21,22)(H,23,24). The smallest absolute Gasteiger partial charge is 0.418 e. The summed E-state index contributed by atoms with van der Waals surface area (Å²) in [5.74, 6) is -6.13. The van der Waals surface area contributed by atoms with Crippen molar-refractivity contribution in [2.45, 2.75) is 25.9 Å². The molecule has 0 spiro atoms. The molecule has 2 rings (SSSR count). The van der Waals surface area contributed by atoms with E-state index >= 15 is 0 Å². The third-order valence-corrected chi connectivity index (χ3v) is 3.76. The summed E-state index contributed by atoms with van der Waals surface area (Å²) in [5.41, 5.74) is -2.32. The third-order valence-electron chi connectivity index (χ3n) is 3.76. The number of aliphatic carboxylic acids is 2. The van der Waals surface area contributed by atoms with Crippen molar-refractivity contribution in [3.8, 4) is 0 Å². The first-order chi connectivity index (χ1) is 11.1. The molecule has 0 aliphatic carbocycles. The molecule has 1 aromatic heterocycles. The van der Waals surface area contributed by atoms with Crippen molar-refractivity contribution in [1.29, 1.82) is 0 Å². The number of aromatic nitrogens is 1. The average Bonchev–Trinajstić information content (AvgIpc) is 2.44. The Morgan fingerprint density at radius 3 is 2.33 bits per heavy atom. The third kappa shape index (κ3) is 3.01. The van der Waals surface area contributed by atoms with Crippen LogP contribution in [0.2, 0.25) is 0 Å². The zero-order chi connectivity index (χ0) is 18.2. The van der Waals surface area contributed by atoms with E-state index in [1.54, 1.807) is 0 Å². The van der Waals surface area contributed by atoms with Gasteiger partial charge >= 0.3 is 18.1 Å². The van der Waals surface area contributed by atoms with Gasteiger partial charge in [-0.25, -0.2) is 4.79 Å². The number of aliphatic imine (C=N–C) groups is 1. The van der Waals surface area contributed by atoms with Crippen LogP contribution in [0.1, 0.15) is 31.0 Å². The SMILES string of the molecule is CC1=NC(C)=C(C(=O)O)C(c2ncccc2C(F)(F)F)C1C(=O)O. The van der Waals surface area contributed by atoms with E-state index in [-0.39, 0.29) is 11.4 Å². The van der Waals surface area contributed by atoms with Gasteiger partial charge in [-0.1, -0.05) is 0 Å². The lowest BCUT2D eigenvalue weighted by Gasteiger charge is -2.30. The summed E-state index contributed by atoms with van der Waals surface area (Å²) in [6, 6.07) is 1.81. The van der Waals surface area contributed by atoms with Crippen LogP contribution < -0.4 is 0 Å². The first-order valence-electron chi connectivity index (χ1n) is 6.79. The van der Waals surface area contributed by atoms with Gasteiger partial charge in [0.2, 0.25) is 0 Å². The van der Waals surface area contributed by atoms with Gasteiger partial charge < -0.3 is 10.2 Å². The summed E-state index contributed by atoms with van der Waals surface area (Å²) >= 11 is 0. The van der Waals surface area contributed by atoms with Crippen molar-refractivity contribution < 1.29 is 33.0 Å². The number of rotatable bonds is 3. The van der Waals surface area contributed by atoms with Gasteiger partial charge in [0.25, 0.3) is 0 Å². The van der Waals surface area contributed by atoms with Crippen molar-refractivity contribution in [2.24, 2.45) is 10.9 Å². The number of halogens is 3. The van der Waals surface area contributed by atoms with Crippen LogP contribution in [0.15, 0.2) is 34.6 Å². The zero-order valence-corrected chi connectivity index (χ0v) is 12.6. The molecule has 1 aromatic rings. The highest BCUT2D eigenvalue weighted by Gasteiger charge is 2.46. The topological polar surface area (TPSA) is 99.9 Å². The summed E-state index contributed by atoms with van der Waals surface area (Å²) in [5, 5.41) is 18.8. The second-order valence-electron chi connectivity index (χ2n) is 5.28. The molecule has 0 amide bonds. The monoisotopic (exact) mass is 342 g/mol. The van der Waals surface area contributed by atoms with Gasteiger partial charge in [0, 0.05) is 17.6 Å². The van der Waals surface area contributed by atoms with E-state index in [4.69, 9.17) is 0 Å². The van der Waals surface area contributed by atoms with E-state index in [9.17, 15) is 33.0 Å². The molecule has 0 saturated heterocycles. The Morgan fingerprint density at radius 1 is 1.21 bits per heavy atom. The number of hydrogen-bond acceptors (Lipinski definition) is 4. The summed E-state index contributed by atoms with van der Waals surface area (Å²) in [7, 11) is 0. The fourth-order valence-corrected chi connectivity index (χ4v) is 2.84. The first-order valence-corrected chi connectivity index (χ1v) is 6.79. The number of carbonyl (C=O) groups is 2. The van der Waals surface area contributed by atoms with Crippen LogP contribution in [0, 0.1) is 5.92 Å². The van der Waals surface area contributed by atoms with E-state index in [2.05, 4.69) is 9.98 Å². The second kappa shape index (κ2) is 6.06. The van der Waals surface area contributed by atoms with Crippen molar-refractivity contribution in [1.82, 2.24) is 4.98 Å². The number of alkyl halides is 3. The summed E-state index contributed by atoms with van der Waals surface area (Å²) < 4.78 is 39.8. The predicted molar refractivity (Wildman–Crippen MR) is 76.6 cm³/mol. The lowest BCUT2D eigenvalue weighted by molar-refractivity contribution is -0.143. The normalized spacial score (nSPS) is 21.5. The summed E-state index contributed by atoms with van der Waals surface area (Å²) in [4.78, 5) is 30.7. The maximum absolute atomic E-state index is 13.3. The number of carboxylic acids is 2. The Bertz CT molecular complexity index is 768. The van der Waals surface area contributed by atoms with Crippen LogP contribution in [0.3, 0.4) is 0 Å². The Labute approximate surface area is 134 Å². The Kier molecular flexibility index (Phi) is 4.46. The highest BCUT2D eigenvalue weighted by molar-refractivity contribution is 6.06. The Balaban J connectivity index is 2.80. The molecular formula is C15H13F3N2O4. The number of nitrogens with zero attached hydrogens (tertiary/aromatic N) is 2. The van der Waals surface area contributed by atoms with E-state index in [0.29, 0.717) is 0 Å². The predicted octanol–water partition coefficient (Wildman–Crippen LogP) is 2.72. The fourth-order valence-electron chi connectivity index (χ4n) is 2.84. The maximum atomic E-state index is 13.3. The minimum atomic E-state index is -4.80. The Morgan fingerprint density at radius 2 is 1.83 bits per heavy atom. The quantitative estimate of drug-likeness (QED) is 0.880. The molecule has 24 heavy (non-hydrogen) atoms. The maximum Gasteiger partial charge on any atom is 0.418 e. The first kappa shape index (κ1) is 17.6. The van der Waals surface area contributed by atoms with E-state index in [0.717, 1.165) is 18.3 Å². The molecule has 1 aliphatic rings. The number of pyridine rings is 1. The molecule has 2 heterocycles.